The number of allylic oxidation sites excluding steroid dienone is 1. The predicted octanol–water partition coefficient (Wildman–Crippen LogP) is 12.9. The minimum Gasteiger partial charge on any atom is -0.313 e. The third-order valence-corrected chi connectivity index (χ3v) is 17.3. The lowest BCUT2D eigenvalue weighted by molar-refractivity contribution is 0.569. The van der Waals surface area contributed by atoms with E-state index < -0.39 is 8.07 Å². The van der Waals surface area contributed by atoms with E-state index >= 15 is 0 Å². The Balaban J connectivity index is 1.05. The van der Waals surface area contributed by atoms with Crippen molar-refractivity contribution in [3.8, 4) is 45.3 Å². The Morgan fingerprint density at radius 1 is 0.500 bits per heavy atom. The van der Waals surface area contributed by atoms with E-state index in [2.05, 4.69) is 205 Å². The van der Waals surface area contributed by atoms with E-state index in [9.17, 15) is 0 Å². The van der Waals surface area contributed by atoms with Crippen LogP contribution in [0.2, 0.25) is 13.1 Å². The molecule has 0 saturated carbocycles. The van der Waals surface area contributed by atoms with E-state index in [4.69, 9.17) is 9.97 Å². The third-order valence-electron chi connectivity index (χ3n) is 13.5. The van der Waals surface area contributed by atoms with Crippen LogP contribution in [0.5, 0.6) is 0 Å². The van der Waals surface area contributed by atoms with Gasteiger partial charge in [-0.2, -0.15) is 23.5 Å². The maximum Gasteiger partial charge on any atom is 0.235 e. The summed E-state index contributed by atoms with van der Waals surface area (Å²) in [4.78, 5) is 10.5. The molecule has 0 fully saturated rings. The standard InChI is InChI=1S/C55H42N4Si/c1-55-35-51-44(33-53(55)60(2,3)52-26-16-14-24-45(52)55)43-32-39(27-29-49(43)58(51)40-21-11-6-12-22-40)38-28-30-50-42(31-38)41-23-13-15-25-48(41)59(50)54-56-46(36-17-7-4-8-18-36)34-47(57-54)37-19-9-5-10-20-37/h4-34H,35H2,1-3H3/q-1. The number of fused-ring (bicyclic) bond motifs is 9. The molecule has 0 spiro atoms. The molecule has 12 rings (SSSR count). The van der Waals surface area contributed by atoms with Crippen molar-refractivity contribution < 1.29 is 0 Å². The van der Waals surface area contributed by atoms with Crippen LogP contribution in [0, 0.1) is 0 Å². The summed E-state index contributed by atoms with van der Waals surface area (Å²) in [7, 11) is -1.89. The summed E-state index contributed by atoms with van der Waals surface area (Å²) in [5.41, 5.74) is 15.2. The van der Waals surface area contributed by atoms with Gasteiger partial charge in [0.15, 0.2) is 0 Å². The molecular formula is C55H42N4Si-. The summed E-state index contributed by atoms with van der Waals surface area (Å²) >= 11 is 0. The second-order valence-electron chi connectivity index (χ2n) is 17.3. The fourth-order valence-electron chi connectivity index (χ4n) is 10.7. The number of benzene rings is 7. The molecule has 0 saturated heterocycles. The van der Waals surface area contributed by atoms with E-state index in [1.165, 1.54) is 55.3 Å². The van der Waals surface area contributed by atoms with Crippen LogP contribution in [-0.4, -0.2) is 27.2 Å². The average Bonchev–Trinajstić information content (AvgIpc) is 3.86. The highest BCUT2D eigenvalue weighted by molar-refractivity contribution is 6.98. The first-order valence-electron chi connectivity index (χ1n) is 21.0. The molecular weight excluding hydrogens is 745 g/mol. The highest BCUT2D eigenvalue weighted by Gasteiger charge is 2.45. The van der Waals surface area contributed by atoms with E-state index in [1.54, 1.807) is 10.4 Å². The summed E-state index contributed by atoms with van der Waals surface area (Å²) in [5.74, 6) is 0.657. The zero-order valence-electron chi connectivity index (χ0n) is 33.9. The molecule has 4 heterocycles. The summed E-state index contributed by atoms with van der Waals surface area (Å²) in [5, 5.41) is 6.89. The maximum absolute atomic E-state index is 5.25. The molecule has 1 aliphatic heterocycles. The van der Waals surface area contributed by atoms with Crippen LogP contribution < -0.4 is 5.19 Å². The zero-order valence-corrected chi connectivity index (χ0v) is 34.9. The Morgan fingerprint density at radius 2 is 1.05 bits per heavy atom. The highest BCUT2D eigenvalue weighted by atomic mass is 28.3. The maximum atomic E-state index is 5.25. The van der Waals surface area contributed by atoms with Crippen LogP contribution >= 0.6 is 0 Å². The van der Waals surface area contributed by atoms with Gasteiger partial charge in [0.1, 0.15) is 0 Å². The van der Waals surface area contributed by atoms with Gasteiger partial charge in [-0.1, -0.05) is 160 Å². The number of nitrogens with zero attached hydrogens (tertiary/aromatic N) is 4. The Bertz CT molecular complexity index is 3320. The molecule has 4 nitrogen and oxygen atoms in total. The van der Waals surface area contributed by atoms with Gasteiger partial charge in [-0.25, -0.2) is 9.97 Å². The lowest BCUT2D eigenvalue weighted by Crippen LogP contribution is -2.42. The van der Waals surface area contributed by atoms with E-state index in [1.807, 2.05) is 12.1 Å². The van der Waals surface area contributed by atoms with Crippen LogP contribution in [0.15, 0.2) is 187 Å². The molecule has 1 aliphatic carbocycles. The second-order valence-corrected chi connectivity index (χ2v) is 21.6. The zero-order chi connectivity index (χ0) is 40.2. The normalized spacial score (nSPS) is 16.5. The first-order valence-corrected chi connectivity index (χ1v) is 24.0. The molecule has 10 aromatic rings. The van der Waals surface area contributed by atoms with Crippen LogP contribution in [0.3, 0.4) is 0 Å². The second kappa shape index (κ2) is 13.0. The molecule has 0 bridgehead atoms. The first-order chi connectivity index (χ1) is 29.4. The van der Waals surface area contributed by atoms with Crippen LogP contribution in [0.4, 0.5) is 0 Å². The Hall–Kier alpha value is -7.08. The van der Waals surface area contributed by atoms with Crippen LogP contribution in [0.1, 0.15) is 23.7 Å². The van der Waals surface area contributed by atoms with Crippen molar-refractivity contribution in [2.24, 2.45) is 0 Å². The number of para-hydroxylation sites is 2. The van der Waals surface area contributed by atoms with Gasteiger partial charge in [0.25, 0.3) is 0 Å². The summed E-state index contributed by atoms with van der Waals surface area (Å²) in [6, 6.07) is 65.8. The average molecular weight is 787 g/mol. The van der Waals surface area contributed by atoms with Gasteiger partial charge in [0.05, 0.1) is 27.9 Å². The largest absolute Gasteiger partial charge is 0.313 e. The van der Waals surface area contributed by atoms with E-state index in [0.29, 0.717) is 5.95 Å². The topological polar surface area (TPSA) is 35.6 Å². The van der Waals surface area contributed by atoms with Gasteiger partial charge in [-0.15, -0.1) is 0 Å². The van der Waals surface area contributed by atoms with Crippen molar-refractivity contribution in [1.29, 1.82) is 0 Å². The van der Waals surface area contributed by atoms with Crippen molar-refractivity contribution in [3.63, 3.8) is 0 Å². The van der Waals surface area contributed by atoms with Gasteiger partial charge in [-0.3, -0.25) is 4.57 Å². The van der Waals surface area contributed by atoms with Crippen molar-refractivity contribution in [2.45, 2.75) is 31.9 Å². The molecule has 1 atom stereocenters. The van der Waals surface area contributed by atoms with Crippen LogP contribution in [-0.2, 0) is 11.8 Å². The molecule has 1 unspecified atom stereocenters. The minimum atomic E-state index is -1.89. The van der Waals surface area contributed by atoms with Crippen LogP contribution in [0.25, 0.3) is 84.1 Å². The number of rotatable bonds is 5. The van der Waals surface area contributed by atoms with Gasteiger partial charge < -0.3 is 4.57 Å². The monoisotopic (exact) mass is 786 g/mol. The minimum absolute atomic E-state index is 0.0194. The van der Waals surface area contributed by atoms with E-state index in [-0.39, 0.29) is 5.41 Å². The lowest BCUT2D eigenvalue weighted by atomic mass is 9.74. The van der Waals surface area contributed by atoms with Gasteiger partial charge in [0, 0.05) is 44.2 Å². The van der Waals surface area contributed by atoms with Crippen molar-refractivity contribution >= 4 is 52.0 Å². The quantitative estimate of drug-likeness (QED) is 0.163. The molecule has 60 heavy (non-hydrogen) atoms. The molecule has 2 aliphatic rings. The molecule has 0 radical (unpaired) electrons. The molecule has 287 valence electrons. The SMILES string of the molecule is CC12Cc3c(c4cc(-c5ccc6c(c5)c5ccccc5n6-c5nc(-c6ccccc6)cc(-c6ccccc6)n5)ccc4n3-c3ccccc3)C=C1[Si-](C)(C)c1ccccc12. The molecule has 0 amide bonds. The molecule has 5 heteroatoms. The molecule has 7 aromatic carbocycles. The summed E-state index contributed by atoms with van der Waals surface area (Å²) in [6.45, 7) is 7.59. The molecule has 3 aromatic heterocycles. The van der Waals surface area contributed by atoms with Crippen molar-refractivity contribution in [1.82, 2.24) is 19.1 Å². The smallest absolute Gasteiger partial charge is 0.235 e. The van der Waals surface area contributed by atoms with Gasteiger partial charge in [-0.05, 0) is 71.5 Å². The van der Waals surface area contributed by atoms with Crippen molar-refractivity contribution in [2.75, 3.05) is 0 Å². The fraction of sp³-hybridized carbons (Fsp3) is 0.0909. The molecule has 0 N–H and O–H groups in total. The Kier molecular flexibility index (Phi) is 7.54. The highest BCUT2D eigenvalue weighted by Crippen LogP contribution is 2.52. The fourth-order valence-corrected chi connectivity index (χ4v) is 14.6. The van der Waals surface area contributed by atoms with E-state index in [0.717, 1.165) is 40.0 Å². The Morgan fingerprint density at radius 3 is 1.73 bits per heavy atom. The van der Waals surface area contributed by atoms with Crippen molar-refractivity contribution in [3.05, 3.63) is 204 Å². The summed E-state index contributed by atoms with van der Waals surface area (Å²) in [6.07, 6.45) is 3.59. The lowest BCUT2D eigenvalue weighted by Gasteiger charge is -2.42. The number of hydrogen-bond donors (Lipinski definition) is 0. The predicted molar refractivity (Wildman–Crippen MR) is 252 cm³/mol. The third kappa shape index (κ3) is 5.09. The first kappa shape index (κ1) is 34.9. The summed E-state index contributed by atoms with van der Waals surface area (Å²) < 4.78 is 4.77. The van der Waals surface area contributed by atoms with Gasteiger partial charge in [0.2, 0.25) is 5.95 Å². The number of aromatic nitrogens is 4. The number of hydrogen-bond acceptors (Lipinski definition) is 2. The Labute approximate surface area is 350 Å². The van der Waals surface area contributed by atoms with Gasteiger partial charge >= 0.3 is 0 Å².